The van der Waals surface area contributed by atoms with Gasteiger partial charge in [-0.3, -0.25) is 4.99 Å². The third kappa shape index (κ3) is 6.05. The van der Waals surface area contributed by atoms with Crippen molar-refractivity contribution in [1.29, 1.82) is 5.26 Å². The molecule has 30 heavy (non-hydrogen) atoms. The highest BCUT2D eigenvalue weighted by Crippen LogP contribution is 2.24. The lowest BCUT2D eigenvalue weighted by molar-refractivity contribution is 0.462. The summed E-state index contributed by atoms with van der Waals surface area (Å²) in [6, 6.07) is 11.5. The lowest BCUT2D eigenvalue weighted by atomic mass is 10.0. The van der Waals surface area contributed by atoms with Crippen molar-refractivity contribution in [2.24, 2.45) is 4.99 Å². The Bertz CT molecular complexity index is 942. The summed E-state index contributed by atoms with van der Waals surface area (Å²) in [5, 5.41) is 15.4. The molecule has 3 rings (SSSR count). The van der Waals surface area contributed by atoms with Crippen LogP contribution in [0.15, 0.2) is 41.4 Å². The van der Waals surface area contributed by atoms with Gasteiger partial charge >= 0.3 is 0 Å². The van der Waals surface area contributed by atoms with Crippen LogP contribution in [-0.2, 0) is 6.54 Å². The minimum Gasteiger partial charge on any atom is -0.367 e. The third-order valence-corrected chi connectivity index (χ3v) is 5.05. The topological polar surface area (TPSA) is 63.5 Å². The monoisotopic (exact) mass is 525 g/mol. The summed E-state index contributed by atoms with van der Waals surface area (Å²) >= 11 is 0. The molecule has 0 aliphatic carbocycles. The molecule has 1 heterocycles. The summed E-state index contributed by atoms with van der Waals surface area (Å²) in [7, 11) is 1.65. The van der Waals surface area contributed by atoms with E-state index in [1.165, 1.54) is 24.3 Å². The number of hydrogen-bond donors (Lipinski definition) is 2. The molecule has 0 spiro atoms. The summed E-state index contributed by atoms with van der Waals surface area (Å²) in [5.41, 5.74) is 2.46. The Morgan fingerprint density at radius 2 is 2.00 bits per heavy atom. The second-order valence-corrected chi connectivity index (χ2v) is 7.23. The molecule has 1 aliphatic heterocycles. The summed E-state index contributed by atoms with van der Waals surface area (Å²) in [6.45, 7) is 3.62. The van der Waals surface area contributed by atoms with Crippen molar-refractivity contribution in [1.82, 2.24) is 10.6 Å². The van der Waals surface area contributed by atoms with E-state index in [1.54, 1.807) is 13.1 Å². The van der Waals surface area contributed by atoms with E-state index in [1.807, 2.05) is 24.0 Å². The minimum atomic E-state index is -0.370. The number of nitrogens with zero attached hydrogens (tertiary/aromatic N) is 3. The fourth-order valence-electron chi connectivity index (χ4n) is 3.53. The Morgan fingerprint density at radius 3 is 2.73 bits per heavy atom. The summed E-state index contributed by atoms with van der Waals surface area (Å²) in [6.07, 6.45) is 1.86. The van der Waals surface area contributed by atoms with Crippen molar-refractivity contribution in [2.75, 3.05) is 25.0 Å². The number of nitrogens with one attached hydrogen (secondary N) is 2. The van der Waals surface area contributed by atoms with Gasteiger partial charge in [0.1, 0.15) is 11.6 Å². The highest BCUT2D eigenvalue weighted by molar-refractivity contribution is 14.0. The van der Waals surface area contributed by atoms with Crippen LogP contribution in [0.25, 0.3) is 0 Å². The number of nitriles is 1. The van der Waals surface area contributed by atoms with Crippen molar-refractivity contribution < 1.29 is 8.78 Å². The van der Waals surface area contributed by atoms with Crippen LogP contribution in [0.4, 0.5) is 14.5 Å². The Labute approximate surface area is 193 Å². The fraction of sp³-hybridized carbons (Fsp3) is 0.364. The molecule has 0 radical (unpaired) electrons. The first-order valence-electron chi connectivity index (χ1n) is 9.67. The Hall–Kier alpha value is -2.41. The van der Waals surface area contributed by atoms with E-state index in [-0.39, 0.29) is 48.2 Å². The molecule has 8 heteroatoms. The SMILES string of the molecule is CN=C(NCc1cc(C#N)ccc1F)NC1CCCN(c2cc(C)ccc2F)C1.I. The van der Waals surface area contributed by atoms with E-state index >= 15 is 0 Å². The van der Waals surface area contributed by atoms with E-state index in [4.69, 9.17) is 5.26 Å². The van der Waals surface area contributed by atoms with E-state index in [0.717, 1.165) is 24.9 Å². The molecule has 160 valence electrons. The molecule has 0 bridgehead atoms. The normalized spacial score (nSPS) is 16.4. The largest absolute Gasteiger partial charge is 0.367 e. The van der Waals surface area contributed by atoms with Gasteiger partial charge in [-0.1, -0.05) is 6.07 Å². The number of halogens is 3. The van der Waals surface area contributed by atoms with Crippen LogP contribution in [0.2, 0.25) is 0 Å². The zero-order valence-corrected chi connectivity index (χ0v) is 19.4. The van der Waals surface area contributed by atoms with Crippen molar-refractivity contribution in [3.63, 3.8) is 0 Å². The number of aliphatic imine (C=N–C) groups is 1. The lowest BCUT2D eigenvalue weighted by Gasteiger charge is -2.35. The van der Waals surface area contributed by atoms with E-state index < -0.39 is 0 Å². The van der Waals surface area contributed by atoms with Crippen LogP contribution in [0.3, 0.4) is 0 Å². The predicted octanol–water partition coefficient (Wildman–Crippen LogP) is 4.10. The molecule has 1 atom stereocenters. The smallest absolute Gasteiger partial charge is 0.191 e. The Balaban J connectivity index is 0.00000320. The standard InChI is InChI=1S/C22H25F2N5.HI/c1-15-5-7-20(24)21(10-15)29-9-3-4-18(14-29)28-22(26-2)27-13-17-11-16(12-25)6-8-19(17)23;/h5-8,10-11,18H,3-4,9,13-14H2,1-2H3,(H2,26,27,28);1H. The van der Waals surface area contributed by atoms with Crippen molar-refractivity contribution in [3.8, 4) is 6.07 Å². The van der Waals surface area contributed by atoms with E-state index in [9.17, 15) is 8.78 Å². The molecule has 1 unspecified atom stereocenters. The highest BCUT2D eigenvalue weighted by atomic mass is 127. The van der Waals surface area contributed by atoms with Gasteiger partial charge in [0.05, 0.1) is 17.3 Å². The Kier molecular flexibility index (Phi) is 8.84. The van der Waals surface area contributed by atoms with E-state index in [2.05, 4.69) is 15.6 Å². The molecule has 1 aliphatic rings. The van der Waals surface area contributed by atoms with E-state index in [0.29, 0.717) is 29.3 Å². The molecular weight excluding hydrogens is 499 g/mol. The average molecular weight is 525 g/mol. The number of aryl methyl sites for hydroxylation is 1. The van der Waals surface area contributed by atoms with Crippen LogP contribution in [0, 0.1) is 29.9 Å². The quantitative estimate of drug-likeness (QED) is 0.359. The van der Waals surface area contributed by atoms with Crippen molar-refractivity contribution >= 4 is 35.6 Å². The van der Waals surface area contributed by atoms with Crippen LogP contribution in [0.5, 0.6) is 0 Å². The number of guanidine groups is 1. The van der Waals surface area contributed by atoms with Gasteiger partial charge in [-0.2, -0.15) is 5.26 Å². The van der Waals surface area contributed by atoms with Gasteiger partial charge in [0.25, 0.3) is 0 Å². The maximum absolute atomic E-state index is 14.3. The maximum atomic E-state index is 14.3. The molecule has 0 saturated carbocycles. The lowest BCUT2D eigenvalue weighted by Crippen LogP contribution is -2.51. The highest BCUT2D eigenvalue weighted by Gasteiger charge is 2.23. The molecule has 2 aromatic rings. The molecule has 0 aromatic heterocycles. The van der Waals surface area contributed by atoms with Gasteiger partial charge in [0.15, 0.2) is 5.96 Å². The number of hydrogen-bond acceptors (Lipinski definition) is 3. The molecule has 0 amide bonds. The number of benzene rings is 2. The Morgan fingerprint density at radius 1 is 1.23 bits per heavy atom. The summed E-state index contributed by atoms with van der Waals surface area (Å²) in [5.74, 6) is -0.0411. The first kappa shape index (κ1) is 23.9. The molecule has 2 aromatic carbocycles. The van der Waals surface area contributed by atoms with Gasteiger partial charge in [0, 0.05) is 38.3 Å². The average Bonchev–Trinajstić information content (AvgIpc) is 2.74. The number of piperidine rings is 1. The molecule has 1 fully saturated rings. The first-order valence-corrected chi connectivity index (χ1v) is 9.67. The van der Waals surface area contributed by atoms with Gasteiger partial charge < -0.3 is 15.5 Å². The number of anilines is 1. The maximum Gasteiger partial charge on any atom is 0.191 e. The summed E-state index contributed by atoms with van der Waals surface area (Å²) < 4.78 is 28.2. The number of rotatable bonds is 4. The summed E-state index contributed by atoms with van der Waals surface area (Å²) in [4.78, 5) is 6.26. The first-order chi connectivity index (χ1) is 14.0. The van der Waals surface area contributed by atoms with Crippen molar-refractivity contribution in [3.05, 3.63) is 64.7 Å². The minimum absolute atomic E-state index is 0. The predicted molar refractivity (Wildman–Crippen MR) is 126 cm³/mol. The molecule has 2 N–H and O–H groups in total. The molecule has 5 nitrogen and oxygen atoms in total. The fourth-order valence-corrected chi connectivity index (χ4v) is 3.53. The van der Waals surface area contributed by atoms with Gasteiger partial charge in [-0.05, 0) is 55.7 Å². The van der Waals surface area contributed by atoms with Crippen LogP contribution >= 0.6 is 24.0 Å². The molecular formula is C22H26F2IN5. The van der Waals surface area contributed by atoms with Gasteiger partial charge in [0.2, 0.25) is 0 Å². The third-order valence-electron chi connectivity index (χ3n) is 5.05. The van der Waals surface area contributed by atoms with Crippen molar-refractivity contribution in [2.45, 2.75) is 32.4 Å². The zero-order valence-electron chi connectivity index (χ0n) is 17.1. The molecule has 1 saturated heterocycles. The van der Waals surface area contributed by atoms with Crippen LogP contribution in [-0.4, -0.2) is 32.1 Å². The second kappa shape index (κ2) is 11.1. The van der Waals surface area contributed by atoms with Gasteiger partial charge in [-0.25, -0.2) is 8.78 Å². The second-order valence-electron chi connectivity index (χ2n) is 7.23. The van der Waals surface area contributed by atoms with Crippen LogP contribution < -0.4 is 15.5 Å². The van der Waals surface area contributed by atoms with Gasteiger partial charge in [-0.15, -0.1) is 24.0 Å². The zero-order chi connectivity index (χ0) is 20.8. The van der Waals surface area contributed by atoms with Crippen LogP contribution in [0.1, 0.15) is 29.5 Å².